The molecular weight excluding hydrogens is 388 g/mol. The number of hydrogen-bond acceptors (Lipinski definition) is 6. The molecule has 2 aliphatic heterocycles. The first-order valence-electron chi connectivity index (χ1n) is 8.80. The Morgan fingerprint density at radius 3 is 2.70 bits per heavy atom. The number of nitrogens with zero attached hydrogens (tertiary/aromatic N) is 2. The zero-order valence-electron chi connectivity index (χ0n) is 15.8. The number of fused-ring (bicyclic) bond motifs is 1. The summed E-state index contributed by atoms with van der Waals surface area (Å²) in [4.78, 5) is 18.6. The second-order valence-corrected chi connectivity index (χ2v) is 10.1. The average molecular weight is 413 g/mol. The van der Waals surface area contributed by atoms with Crippen LogP contribution in [-0.2, 0) is 14.6 Å². The summed E-state index contributed by atoms with van der Waals surface area (Å²) in [6.07, 6.45) is 0.702. The molecular formula is C18H24N2O5S2. The molecule has 9 heteroatoms. The van der Waals surface area contributed by atoms with E-state index in [1.165, 1.54) is 11.8 Å². The highest BCUT2D eigenvalue weighted by Crippen LogP contribution is 2.44. The smallest absolute Gasteiger partial charge is 0.250 e. The lowest BCUT2D eigenvalue weighted by molar-refractivity contribution is -0.121. The maximum atomic E-state index is 12.4. The SMILES string of the molecule is CCC(C)C(=O)N=C1SC2CS(=O)(=O)CC2N1c1ccc(OC)cc1OC. The van der Waals surface area contributed by atoms with Gasteiger partial charge >= 0.3 is 0 Å². The molecule has 27 heavy (non-hydrogen) atoms. The van der Waals surface area contributed by atoms with Gasteiger partial charge in [-0.15, -0.1) is 0 Å². The molecule has 0 bridgehead atoms. The Labute approximate surface area is 164 Å². The summed E-state index contributed by atoms with van der Waals surface area (Å²) in [5.41, 5.74) is 0.686. The number of amides is 1. The standard InChI is InChI=1S/C18H24N2O5S2/c1-5-11(2)17(21)19-18-20(14-9-27(22,23)10-16(14)26-18)13-7-6-12(24-3)8-15(13)25-4/h6-8,11,14,16H,5,9-10H2,1-4H3. The van der Waals surface area contributed by atoms with Crippen molar-refractivity contribution in [2.45, 2.75) is 31.6 Å². The van der Waals surface area contributed by atoms with Crippen molar-refractivity contribution in [2.24, 2.45) is 10.9 Å². The van der Waals surface area contributed by atoms with Crippen molar-refractivity contribution < 1.29 is 22.7 Å². The summed E-state index contributed by atoms with van der Waals surface area (Å²) in [7, 11) is -0.00565. The normalized spacial score (nSPS) is 26.1. The summed E-state index contributed by atoms with van der Waals surface area (Å²) in [6, 6.07) is 5.07. The Bertz CT molecular complexity index is 869. The first kappa shape index (κ1) is 20.0. The summed E-state index contributed by atoms with van der Waals surface area (Å²) in [5, 5.41) is 0.388. The molecule has 0 aliphatic carbocycles. The molecule has 2 saturated heterocycles. The number of anilines is 1. The first-order valence-corrected chi connectivity index (χ1v) is 11.5. The molecule has 0 saturated carbocycles. The highest BCUT2D eigenvalue weighted by Gasteiger charge is 2.50. The zero-order chi connectivity index (χ0) is 19.8. The third kappa shape index (κ3) is 3.94. The molecule has 1 aromatic rings. The number of sulfone groups is 1. The van der Waals surface area contributed by atoms with Crippen LogP contribution < -0.4 is 14.4 Å². The number of amidine groups is 1. The molecule has 1 amide bonds. The monoisotopic (exact) mass is 412 g/mol. The van der Waals surface area contributed by atoms with Crippen LogP contribution in [-0.4, -0.2) is 56.5 Å². The lowest BCUT2D eigenvalue weighted by Gasteiger charge is -2.26. The highest BCUT2D eigenvalue weighted by molar-refractivity contribution is 8.16. The molecule has 0 N–H and O–H groups in total. The molecule has 2 aliphatic rings. The van der Waals surface area contributed by atoms with Crippen LogP contribution >= 0.6 is 11.8 Å². The van der Waals surface area contributed by atoms with Gasteiger partial charge in [0.1, 0.15) is 11.5 Å². The van der Waals surface area contributed by atoms with Gasteiger partial charge < -0.3 is 14.4 Å². The van der Waals surface area contributed by atoms with Gasteiger partial charge in [-0.3, -0.25) is 4.79 Å². The van der Waals surface area contributed by atoms with E-state index in [4.69, 9.17) is 9.47 Å². The number of thioether (sulfide) groups is 1. The number of benzene rings is 1. The van der Waals surface area contributed by atoms with Crippen LogP contribution in [0.25, 0.3) is 0 Å². The average Bonchev–Trinajstić information content (AvgIpc) is 3.11. The van der Waals surface area contributed by atoms with Gasteiger partial charge in [0.05, 0.1) is 37.5 Å². The summed E-state index contributed by atoms with van der Waals surface area (Å²) >= 11 is 1.36. The van der Waals surface area contributed by atoms with Crippen molar-refractivity contribution >= 4 is 38.4 Å². The van der Waals surface area contributed by atoms with E-state index in [2.05, 4.69) is 4.99 Å². The van der Waals surface area contributed by atoms with Crippen LogP contribution in [0.15, 0.2) is 23.2 Å². The maximum absolute atomic E-state index is 12.4. The number of rotatable bonds is 5. The largest absolute Gasteiger partial charge is 0.497 e. The summed E-state index contributed by atoms with van der Waals surface area (Å²) < 4.78 is 35.1. The van der Waals surface area contributed by atoms with Crippen molar-refractivity contribution in [2.75, 3.05) is 30.6 Å². The molecule has 0 spiro atoms. The van der Waals surface area contributed by atoms with Crippen molar-refractivity contribution in [3.8, 4) is 11.5 Å². The quantitative estimate of drug-likeness (QED) is 0.734. The van der Waals surface area contributed by atoms with Gasteiger partial charge in [0.2, 0.25) is 0 Å². The maximum Gasteiger partial charge on any atom is 0.250 e. The van der Waals surface area contributed by atoms with E-state index in [1.807, 2.05) is 24.8 Å². The minimum Gasteiger partial charge on any atom is -0.497 e. The number of carbonyl (C=O) groups excluding carboxylic acids is 1. The zero-order valence-corrected chi connectivity index (χ0v) is 17.5. The Morgan fingerprint density at radius 1 is 1.33 bits per heavy atom. The van der Waals surface area contributed by atoms with Gasteiger partial charge in [-0.2, -0.15) is 4.99 Å². The van der Waals surface area contributed by atoms with E-state index in [9.17, 15) is 13.2 Å². The van der Waals surface area contributed by atoms with Crippen molar-refractivity contribution in [3.05, 3.63) is 18.2 Å². The van der Waals surface area contributed by atoms with Crippen molar-refractivity contribution in [1.29, 1.82) is 0 Å². The van der Waals surface area contributed by atoms with E-state index in [1.54, 1.807) is 26.4 Å². The number of carbonyl (C=O) groups is 1. The fourth-order valence-electron chi connectivity index (χ4n) is 3.21. The molecule has 7 nitrogen and oxygen atoms in total. The van der Waals surface area contributed by atoms with E-state index < -0.39 is 9.84 Å². The molecule has 3 rings (SSSR count). The van der Waals surface area contributed by atoms with Crippen LogP contribution in [0.1, 0.15) is 20.3 Å². The predicted octanol–water partition coefficient (Wildman–Crippen LogP) is 2.35. The number of ether oxygens (including phenoxy) is 2. The van der Waals surface area contributed by atoms with Crippen LogP contribution in [0, 0.1) is 5.92 Å². The lowest BCUT2D eigenvalue weighted by Crippen LogP contribution is -2.38. The van der Waals surface area contributed by atoms with Crippen LogP contribution in [0.4, 0.5) is 5.69 Å². The van der Waals surface area contributed by atoms with Gasteiger partial charge in [0.15, 0.2) is 15.0 Å². The minimum absolute atomic E-state index is 0.0381. The van der Waals surface area contributed by atoms with Gasteiger partial charge in [0, 0.05) is 17.2 Å². The van der Waals surface area contributed by atoms with Gasteiger partial charge in [0.25, 0.3) is 5.91 Å². The molecule has 3 unspecified atom stereocenters. The fourth-order valence-corrected chi connectivity index (χ4v) is 7.12. The summed E-state index contributed by atoms with van der Waals surface area (Å²) in [5.74, 6) is 0.933. The Balaban J connectivity index is 2.06. The number of hydrogen-bond donors (Lipinski definition) is 0. The first-order chi connectivity index (χ1) is 12.8. The second-order valence-electron chi connectivity index (χ2n) is 6.75. The van der Waals surface area contributed by atoms with E-state index in [0.29, 0.717) is 28.8 Å². The predicted molar refractivity (Wildman–Crippen MR) is 108 cm³/mol. The Kier molecular flexibility index (Phi) is 5.71. The van der Waals surface area contributed by atoms with Gasteiger partial charge in [-0.25, -0.2) is 8.42 Å². The van der Waals surface area contributed by atoms with E-state index in [0.717, 1.165) is 0 Å². The lowest BCUT2D eigenvalue weighted by atomic mass is 10.1. The van der Waals surface area contributed by atoms with Gasteiger partial charge in [-0.1, -0.05) is 25.6 Å². The third-order valence-electron chi connectivity index (χ3n) is 4.95. The molecule has 0 radical (unpaired) electrons. The third-order valence-corrected chi connectivity index (χ3v) is 8.16. The van der Waals surface area contributed by atoms with Gasteiger partial charge in [-0.05, 0) is 18.6 Å². The highest BCUT2D eigenvalue weighted by atomic mass is 32.2. The molecule has 0 aromatic heterocycles. The Hall–Kier alpha value is -1.74. The topological polar surface area (TPSA) is 85.3 Å². The van der Waals surface area contributed by atoms with Crippen molar-refractivity contribution in [3.63, 3.8) is 0 Å². The van der Waals surface area contributed by atoms with Crippen LogP contribution in [0.3, 0.4) is 0 Å². The van der Waals surface area contributed by atoms with Crippen LogP contribution in [0.2, 0.25) is 0 Å². The molecule has 3 atom stereocenters. The van der Waals surface area contributed by atoms with Crippen LogP contribution in [0.5, 0.6) is 11.5 Å². The molecule has 2 heterocycles. The fraction of sp³-hybridized carbons (Fsp3) is 0.556. The minimum atomic E-state index is -3.12. The molecule has 148 valence electrons. The van der Waals surface area contributed by atoms with E-state index in [-0.39, 0.29) is 34.6 Å². The molecule has 1 aromatic carbocycles. The van der Waals surface area contributed by atoms with E-state index >= 15 is 0 Å². The Morgan fingerprint density at radius 2 is 2.07 bits per heavy atom. The summed E-state index contributed by atoms with van der Waals surface area (Å²) in [6.45, 7) is 3.78. The number of aliphatic imine (C=N–C) groups is 1. The number of methoxy groups -OCH3 is 2. The second kappa shape index (κ2) is 7.71. The van der Waals surface area contributed by atoms with Crippen molar-refractivity contribution in [1.82, 2.24) is 0 Å². The molecule has 2 fully saturated rings.